The van der Waals surface area contributed by atoms with Crippen LogP contribution in [0.15, 0.2) is 18.2 Å². The van der Waals surface area contributed by atoms with E-state index in [2.05, 4.69) is 5.32 Å². The van der Waals surface area contributed by atoms with Gasteiger partial charge in [-0.3, -0.25) is 14.4 Å². The molecule has 0 aliphatic heterocycles. The van der Waals surface area contributed by atoms with Crippen molar-refractivity contribution in [1.29, 1.82) is 0 Å². The predicted octanol–water partition coefficient (Wildman–Crippen LogP) is 0.630. The number of Topliss-reactive ketones (excluding diaryl/α,β-unsaturated/α-hetero) is 1. The number of amides is 1. The third-order valence-corrected chi connectivity index (χ3v) is 2.72. The highest BCUT2D eigenvalue weighted by Gasteiger charge is 2.24. The molecule has 0 fully saturated rings. The summed E-state index contributed by atoms with van der Waals surface area (Å²) in [6, 6.07) is 4.94. The minimum atomic E-state index is -1.10. The van der Waals surface area contributed by atoms with Crippen LogP contribution in [0.2, 0.25) is 0 Å². The number of carbonyl (C=O) groups excluding carboxylic acids is 2. The summed E-state index contributed by atoms with van der Waals surface area (Å²) >= 11 is 0. The lowest BCUT2D eigenvalue weighted by Gasteiger charge is -2.07. The quantitative estimate of drug-likeness (QED) is 0.802. The Bertz CT molecular complexity index is 507. The summed E-state index contributed by atoms with van der Waals surface area (Å²) in [6.07, 6.45) is 0.962. The Balaban J connectivity index is 2.25. The fourth-order valence-corrected chi connectivity index (χ4v) is 1.95. The van der Waals surface area contributed by atoms with Gasteiger partial charge in [-0.2, -0.15) is 0 Å². The first-order valence-corrected chi connectivity index (χ1v) is 5.24. The van der Waals surface area contributed by atoms with Crippen LogP contribution in [0.1, 0.15) is 32.7 Å². The molecule has 88 valence electrons. The first kappa shape index (κ1) is 11.3. The van der Waals surface area contributed by atoms with Gasteiger partial charge in [0.05, 0.1) is 0 Å². The topological polar surface area (TPSA) is 83.5 Å². The van der Waals surface area contributed by atoms with Crippen LogP contribution in [0, 0.1) is 0 Å². The number of carboxylic acids is 1. The van der Waals surface area contributed by atoms with Crippen molar-refractivity contribution in [2.45, 2.75) is 12.8 Å². The monoisotopic (exact) mass is 233 g/mol. The minimum absolute atomic E-state index is 0.0351. The number of ketones is 1. The number of carbonyl (C=O) groups is 3. The number of rotatable bonds is 3. The Morgan fingerprint density at radius 3 is 2.76 bits per heavy atom. The molecule has 0 spiro atoms. The fourth-order valence-electron chi connectivity index (χ4n) is 1.95. The second-order valence-electron chi connectivity index (χ2n) is 3.83. The molecule has 1 amide bonds. The van der Waals surface area contributed by atoms with Crippen LogP contribution in [0.3, 0.4) is 0 Å². The van der Waals surface area contributed by atoms with E-state index in [1.165, 1.54) is 0 Å². The van der Waals surface area contributed by atoms with Gasteiger partial charge in [0, 0.05) is 17.5 Å². The fraction of sp³-hybridized carbons (Fsp3) is 0.250. The lowest BCUT2D eigenvalue weighted by atomic mass is 10.0. The van der Waals surface area contributed by atoms with Gasteiger partial charge in [-0.05, 0) is 18.1 Å². The molecule has 1 aromatic rings. The molecule has 17 heavy (non-hydrogen) atoms. The van der Waals surface area contributed by atoms with E-state index in [4.69, 9.17) is 5.11 Å². The maximum absolute atomic E-state index is 11.7. The molecule has 0 unspecified atom stereocenters. The van der Waals surface area contributed by atoms with Crippen LogP contribution in [-0.4, -0.2) is 29.3 Å². The van der Waals surface area contributed by atoms with Crippen LogP contribution in [-0.2, 0) is 11.2 Å². The molecule has 0 bridgehead atoms. The normalized spacial score (nSPS) is 13.3. The van der Waals surface area contributed by atoms with Crippen molar-refractivity contribution in [2.24, 2.45) is 0 Å². The van der Waals surface area contributed by atoms with Crippen molar-refractivity contribution in [3.8, 4) is 0 Å². The second-order valence-corrected chi connectivity index (χ2v) is 3.83. The molecule has 1 aliphatic carbocycles. The van der Waals surface area contributed by atoms with E-state index in [1.54, 1.807) is 18.2 Å². The highest BCUT2D eigenvalue weighted by atomic mass is 16.4. The van der Waals surface area contributed by atoms with Crippen molar-refractivity contribution in [3.63, 3.8) is 0 Å². The molecule has 5 nitrogen and oxygen atoms in total. The largest absolute Gasteiger partial charge is 0.480 e. The molecule has 0 atom stereocenters. The Kier molecular flexibility index (Phi) is 2.91. The molecule has 0 saturated heterocycles. The third kappa shape index (κ3) is 2.18. The zero-order valence-corrected chi connectivity index (χ0v) is 9.03. The van der Waals surface area contributed by atoms with E-state index in [-0.39, 0.29) is 5.78 Å². The first-order valence-electron chi connectivity index (χ1n) is 5.24. The number of hydrogen-bond acceptors (Lipinski definition) is 3. The van der Waals surface area contributed by atoms with Gasteiger partial charge >= 0.3 is 5.97 Å². The van der Waals surface area contributed by atoms with Crippen LogP contribution in [0.4, 0.5) is 0 Å². The first-order chi connectivity index (χ1) is 8.09. The van der Waals surface area contributed by atoms with E-state index in [0.717, 1.165) is 5.56 Å². The summed E-state index contributed by atoms with van der Waals surface area (Å²) in [4.78, 5) is 33.6. The Morgan fingerprint density at radius 2 is 2.06 bits per heavy atom. The van der Waals surface area contributed by atoms with Crippen LogP contribution in [0.25, 0.3) is 0 Å². The number of nitrogens with one attached hydrogen (secondary N) is 1. The zero-order valence-electron chi connectivity index (χ0n) is 9.03. The lowest BCUT2D eigenvalue weighted by Crippen LogP contribution is -2.29. The Hall–Kier alpha value is -2.17. The number of benzene rings is 1. The number of aliphatic carboxylic acids is 1. The average molecular weight is 233 g/mol. The summed E-state index contributed by atoms with van der Waals surface area (Å²) in [7, 11) is 0. The number of hydrogen-bond donors (Lipinski definition) is 2. The SMILES string of the molecule is O=C(O)CNC(=O)c1cccc2c1CCC2=O. The minimum Gasteiger partial charge on any atom is -0.480 e. The summed E-state index contributed by atoms with van der Waals surface area (Å²) in [5.74, 6) is -1.51. The van der Waals surface area contributed by atoms with E-state index in [1.807, 2.05) is 0 Å². The average Bonchev–Trinajstić information content (AvgIpc) is 2.68. The molecule has 0 heterocycles. The van der Waals surface area contributed by atoms with Gasteiger partial charge < -0.3 is 10.4 Å². The second kappa shape index (κ2) is 4.37. The molecule has 5 heteroatoms. The Labute approximate surface area is 97.4 Å². The van der Waals surface area contributed by atoms with Gasteiger partial charge in [0.1, 0.15) is 6.54 Å². The maximum Gasteiger partial charge on any atom is 0.322 e. The molecule has 1 aliphatic rings. The Morgan fingerprint density at radius 1 is 1.29 bits per heavy atom. The van der Waals surface area contributed by atoms with Crippen molar-refractivity contribution in [2.75, 3.05) is 6.54 Å². The molecule has 0 radical (unpaired) electrons. The molecule has 0 aromatic heterocycles. The highest BCUT2D eigenvalue weighted by molar-refractivity contribution is 6.05. The molecule has 1 aromatic carbocycles. The van der Waals surface area contributed by atoms with E-state index in [0.29, 0.717) is 24.0 Å². The summed E-state index contributed by atoms with van der Waals surface area (Å²) in [5, 5.41) is 10.8. The van der Waals surface area contributed by atoms with Crippen LogP contribution >= 0.6 is 0 Å². The lowest BCUT2D eigenvalue weighted by molar-refractivity contribution is -0.135. The van der Waals surface area contributed by atoms with Crippen LogP contribution < -0.4 is 5.32 Å². The van der Waals surface area contributed by atoms with Crippen molar-refractivity contribution < 1.29 is 19.5 Å². The highest BCUT2D eigenvalue weighted by Crippen LogP contribution is 2.25. The zero-order chi connectivity index (χ0) is 12.4. The van der Waals surface area contributed by atoms with Crippen molar-refractivity contribution in [3.05, 3.63) is 34.9 Å². The van der Waals surface area contributed by atoms with E-state index < -0.39 is 18.4 Å². The molecule has 2 N–H and O–H groups in total. The van der Waals surface area contributed by atoms with Gasteiger partial charge in [0.2, 0.25) is 0 Å². The number of fused-ring (bicyclic) bond motifs is 1. The molecule has 0 saturated carbocycles. The standard InChI is InChI=1S/C12H11NO4/c14-10-5-4-7-8(10)2-1-3-9(7)12(17)13-6-11(15)16/h1-3H,4-6H2,(H,13,17)(H,15,16). The van der Waals surface area contributed by atoms with Crippen LogP contribution in [0.5, 0.6) is 0 Å². The van der Waals surface area contributed by atoms with Crippen molar-refractivity contribution >= 4 is 17.7 Å². The maximum atomic E-state index is 11.7. The van der Waals surface area contributed by atoms with Gasteiger partial charge in [-0.15, -0.1) is 0 Å². The third-order valence-electron chi connectivity index (χ3n) is 2.72. The van der Waals surface area contributed by atoms with Gasteiger partial charge in [-0.1, -0.05) is 12.1 Å². The summed E-state index contributed by atoms with van der Waals surface area (Å²) in [5.41, 5.74) is 1.70. The smallest absolute Gasteiger partial charge is 0.322 e. The molecular weight excluding hydrogens is 222 g/mol. The predicted molar refractivity (Wildman–Crippen MR) is 59.1 cm³/mol. The van der Waals surface area contributed by atoms with Gasteiger partial charge in [0.15, 0.2) is 5.78 Å². The molecular formula is C12H11NO4. The molecule has 2 rings (SSSR count). The van der Waals surface area contributed by atoms with Gasteiger partial charge in [-0.25, -0.2) is 0 Å². The van der Waals surface area contributed by atoms with E-state index in [9.17, 15) is 14.4 Å². The summed E-state index contributed by atoms with van der Waals surface area (Å²) in [6.45, 7) is -0.420. The van der Waals surface area contributed by atoms with Crippen molar-refractivity contribution in [1.82, 2.24) is 5.32 Å². The summed E-state index contributed by atoms with van der Waals surface area (Å²) < 4.78 is 0. The van der Waals surface area contributed by atoms with Gasteiger partial charge in [0.25, 0.3) is 5.91 Å². The van der Waals surface area contributed by atoms with E-state index >= 15 is 0 Å². The number of carboxylic acid groups (broad SMARTS) is 1.